The van der Waals surface area contributed by atoms with Crippen LogP contribution in [0, 0.1) is 5.92 Å². The lowest BCUT2D eigenvalue weighted by Gasteiger charge is -2.12. The number of benzene rings is 3. The summed E-state index contributed by atoms with van der Waals surface area (Å²) in [7, 11) is 0. The molecule has 0 aliphatic rings. The van der Waals surface area contributed by atoms with E-state index < -0.39 is 0 Å². The van der Waals surface area contributed by atoms with E-state index in [-0.39, 0.29) is 11.8 Å². The minimum Gasteiger partial charge on any atom is -0.338 e. The fourth-order valence-corrected chi connectivity index (χ4v) is 3.45. The maximum absolute atomic E-state index is 12.2. The smallest absolute Gasteiger partial charge is 0.227 e. The molecule has 0 unspecified atom stereocenters. The second kappa shape index (κ2) is 7.23. The number of hydrogen-bond donors (Lipinski definition) is 2. The molecule has 136 valence electrons. The van der Waals surface area contributed by atoms with Gasteiger partial charge in [0.05, 0.1) is 11.0 Å². The Balaban J connectivity index is 1.60. The number of hydrogen-bond acceptors (Lipinski definition) is 2. The first-order chi connectivity index (χ1) is 13.2. The number of rotatable bonds is 5. The third-order valence-corrected chi connectivity index (χ3v) is 5.13. The molecular formula is C23H23N3O. The van der Waals surface area contributed by atoms with Crippen molar-refractivity contribution in [3.8, 4) is 11.4 Å². The summed E-state index contributed by atoms with van der Waals surface area (Å²) in [4.78, 5) is 20.4. The molecule has 0 fully saturated rings. The van der Waals surface area contributed by atoms with Crippen molar-refractivity contribution in [3.05, 3.63) is 60.7 Å². The number of nitrogens with zero attached hydrogens (tertiary/aromatic N) is 1. The minimum absolute atomic E-state index is 0.0641. The summed E-state index contributed by atoms with van der Waals surface area (Å²) in [5, 5.41) is 5.38. The maximum Gasteiger partial charge on any atom is 0.227 e. The lowest BCUT2D eigenvalue weighted by Crippen LogP contribution is -2.21. The molecule has 0 radical (unpaired) electrons. The molecule has 1 amide bonds. The number of nitrogens with one attached hydrogen (secondary N) is 2. The fraction of sp³-hybridized carbons (Fsp3) is 0.217. The maximum atomic E-state index is 12.2. The molecule has 0 saturated carbocycles. The van der Waals surface area contributed by atoms with Gasteiger partial charge in [0.15, 0.2) is 0 Å². The monoisotopic (exact) mass is 357 g/mol. The number of aromatic amines is 1. The summed E-state index contributed by atoms with van der Waals surface area (Å²) in [5.41, 5.74) is 3.79. The van der Waals surface area contributed by atoms with Gasteiger partial charge in [0, 0.05) is 17.2 Å². The predicted octanol–water partition coefficient (Wildman–Crippen LogP) is 5.76. The number of amides is 1. The van der Waals surface area contributed by atoms with E-state index in [4.69, 9.17) is 4.98 Å². The highest BCUT2D eigenvalue weighted by molar-refractivity contribution is 5.96. The van der Waals surface area contributed by atoms with E-state index >= 15 is 0 Å². The molecule has 27 heavy (non-hydrogen) atoms. The molecule has 3 aromatic carbocycles. The van der Waals surface area contributed by atoms with Gasteiger partial charge in [-0.05, 0) is 60.0 Å². The van der Waals surface area contributed by atoms with Crippen molar-refractivity contribution in [1.82, 2.24) is 9.97 Å². The number of carbonyl (C=O) groups is 1. The van der Waals surface area contributed by atoms with Crippen LogP contribution in [0.2, 0.25) is 0 Å². The van der Waals surface area contributed by atoms with Crippen LogP contribution in [0.5, 0.6) is 0 Å². The van der Waals surface area contributed by atoms with Gasteiger partial charge in [0.2, 0.25) is 5.91 Å². The summed E-state index contributed by atoms with van der Waals surface area (Å²) in [5.74, 6) is 0.982. The largest absolute Gasteiger partial charge is 0.338 e. The number of aromatic nitrogens is 2. The van der Waals surface area contributed by atoms with Gasteiger partial charge in [-0.25, -0.2) is 4.98 Å². The van der Waals surface area contributed by atoms with Crippen molar-refractivity contribution >= 4 is 33.4 Å². The Hall–Kier alpha value is -3.14. The number of carbonyl (C=O) groups excluding carboxylic acids is 1. The molecule has 4 rings (SSSR count). The second-order valence-corrected chi connectivity index (χ2v) is 6.88. The average Bonchev–Trinajstić information content (AvgIpc) is 3.10. The van der Waals surface area contributed by atoms with Gasteiger partial charge in [0.1, 0.15) is 5.82 Å². The van der Waals surface area contributed by atoms with E-state index in [1.807, 2.05) is 50.2 Å². The molecule has 0 aliphatic heterocycles. The van der Waals surface area contributed by atoms with Crippen LogP contribution in [-0.2, 0) is 4.79 Å². The predicted molar refractivity (Wildman–Crippen MR) is 112 cm³/mol. The Morgan fingerprint density at radius 1 is 1.00 bits per heavy atom. The molecule has 1 aromatic heterocycles. The molecule has 0 spiro atoms. The topological polar surface area (TPSA) is 57.8 Å². The van der Waals surface area contributed by atoms with Crippen molar-refractivity contribution in [1.29, 1.82) is 0 Å². The minimum atomic E-state index is 0.0641. The third kappa shape index (κ3) is 3.43. The van der Waals surface area contributed by atoms with E-state index in [9.17, 15) is 4.79 Å². The van der Waals surface area contributed by atoms with E-state index in [0.29, 0.717) is 0 Å². The first-order valence-electron chi connectivity index (χ1n) is 9.47. The van der Waals surface area contributed by atoms with E-state index in [2.05, 4.69) is 34.6 Å². The highest BCUT2D eigenvalue weighted by atomic mass is 16.1. The van der Waals surface area contributed by atoms with E-state index in [0.717, 1.165) is 41.0 Å². The SMILES string of the molecule is CCC(CC)C(=O)Nc1ccc(-c2nc3cc4ccccc4cc3[nH]2)cc1. The lowest BCUT2D eigenvalue weighted by molar-refractivity contribution is -0.120. The van der Waals surface area contributed by atoms with Crippen molar-refractivity contribution in [2.45, 2.75) is 26.7 Å². The van der Waals surface area contributed by atoms with Crippen LogP contribution in [0.4, 0.5) is 5.69 Å². The van der Waals surface area contributed by atoms with Crippen molar-refractivity contribution in [2.24, 2.45) is 5.92 Å². The molecule has 2 N–H and O–H groups in total. The van der Waals surface area contributed by atoms with Crippen LogP contribution in [0.1, 0.15) is 26.7 Å². The van der Waals surface area contributed by atoms with Gasteiger partial charge in [-0.2, -0.15) is 0 Å². The zero-order valence-electron chi connectivity index (χ0n) is 15.6. The van der Waals surface area contributed by atoms with Crippen LogP contribution in [0.15, 0.2) is 60.7 Å². The molecular weight excluding hydrogens is 334 g/mol. The highest BCUT2D eigenvalue weighted by Gasteiger charge is 2.14. The molecule has 4 aromatic rings. The van der Waals surface area contributed by atoms with Gasteiger partial charge in [-0.3, -0.25) is 4.79 Å². The molecule has 0 bridgehead atoms. The van der Waals surface area contributed by atoms with Crippen LogP contribution in [-0.4, -0.2) is 15.9 Å². The normalized spacial score (nSPS) is 11.4. The quantitative estimate of drug-likeness (QED) is 0.477. The zero-order valence-corrected chi connectivity index (χ0v) is 15.6. The molecule has 0 saturated heterocycles. The van der Waals surface area contributed by atoms with Gasteiger partial charge in [0.25, 0.3) is 0 Å². The van der Waals surface area contributed by atoms with Crippen molar-refractivity contribution in [2.75, 3.05) is 5.32 Å². The van der Waals surface area contributed by atoms with Crippen LogP contribution in [0.25, 0.3) is 33.2 Å². The Bertz CT molecular complexity index is 1040. The van der Waals surface area contributed by atoms with Gasteiger partial charge in [-0.15, -0.1) is 0 Å². The van der Waals surface area contributed by atoms with Crippen LogP contribution < -0.4 is 5.32 Å². The molecule has 0 atom stereocenters. The first-order valence-corrected chi connectivity index (χ1v) is 9.47. The van der Waals surface area contributed by atoms with Gasteiger partial charge >= 0.3 is 0 Å². The molecule has 4 heteroatoms. The van der Waals surface area contributed by atoms with Crippen molar-refractivity contribution in [3.63, 3.8) is 0 Å². The van der Waals surface area contributed by atoms with Gasteiger partial charge < -0.3 is 10.3 Å². The molecule has 1 heterocycles. The van der Waals surface area contributed by atoms with Gasteiger partial charge in [-0.1, -0.05) is 38.1 Å². The lowest BCUT2D eigenvalue weighted by atomic mass is 10.0. The number of fused-ring (bicyclic) bond motifs is 2. The Morgan fingerprint density at radius 3 is 2.33 bits per heavy atom. The zero-order chi connectivity index (χ0) is 18.8. The Kier molecular flexibility index (Phi) is 4.63. The second-order valence-electron chi connectivity index (χ2n) is 6.88. The van der Waals surface area contributed by atoms with E-state index in [1.54, 1.807) is 0 Å². The summed E-state index contributed by atoms with van der Waals surface area (Å²) in [6, 6.07) is 20.3. The van der Waals surface area contributed by atoms with Crippen LogP contribution >= 0.6 is 0 Å². The molecule has 0 aliphatic carbocycles. The average molecular weight is 357 g/mol. The summed E-state index contributed by atoms with van der Waals surface area (Å²) < 4.78 is 0. The molecule has 4 nitrogen and oxygen atoms in total. The van der Waals surface area contributed by atoms with Crippen LogP contribution in [0.3, 0.4) is 0 Å². The standard InChI is InChI=1S/C23H23N3O/c1-3-15(4-2)23(27)24-19-11-9-16(10-12-19)22-25-20-13-17-7-5-6-8-18(17)14-21(20)26-22/h5-15H,3-4H2,1-2H3,(H,24,27)(H,25,26). The number of anilines is 1. The Labute approximate surface area is 158 Å². The third-order valence-electron chi connectivity index (χ3n) is 5.13. The summed E-state index contributed by atoms with van der Waals surface area (Å²) in [6.07, 6.45) is 1.71. The number of imidazole rings is 1. The van der Waals surface area contributed by atoms with E-state index in [1.165, 1.54) is 10.8 Å². The Morgan fingerprint density at radius 2 is 1.67 bits per heavy atom. The first kappa shape index (κ1) is 17.3. The summed E-state index contributed by atoms with van der Waals surface area (Å²) >= 11 is 0. The number of H-pyrrole nitrogens is 1. The fourth-order valence-electron chi connectivity index (χ4n) is 3.45. The highest BCUT2D eigenvalue weighted by Crippen LogP contribution is 2.26. The van der Waals surface area contributed by atoms with Crippen molar-refractivity contribution < 1.29 is 4.79 Å². The summed E-state index contributed by atoms with van der Waals surface area (Å²) in [6.45, 7) is 4.09.